The van der Waals surface area contributed by atoms with E-state index in [1.165, 1.54) is 17.7 Å². The second-order valence-electron chi connectivity index (χ2n) is 5.13. The van der Waals surface area contributed by atoms with Crippen LogP contribution < -0.4 is 20.5 Å². The summed E-state index contributed by atoms with van der Waals surface area (Å²) in [7, 11) is 4.67. The molecule has 0 saturated carbocycles. The van der Waals surface area contributed by atoms with Crippen molar-refractivity contribution in [2.45, 2.75) is 0 Å². The molecule has 0 bridgehead atoms. The highest BCUT2D eigenvalue weighted by atomic mass is 16.5. The number of hydrogen-bond donors (Lipinski definition) is 1. The molecule has 1 heterocycles. The average Bonchev–Trinajstić information content (AvgIpc) is 2.89. The van der Waals surface area contributed by atoms with Crippen LogP contribution in [0.2, 0.25) is 0 Å². The van der Waals surface area contributed by atoms with Crippen molar-refractivity contribution < 1.29 is 18.7 Å². The molecular formula is C17H16N2O5. The molecule has 1 amide bonds. The van der Waals surface area contributed by atoms with Crippen molar-refractivity contribution in [3.05, 3.63) is 52.5 Å². The van der Waals surface area contributed by atoms with Crippen LogP contribution in [0.25, 0.3) is 11.1 Å². The molecular weight excluding hydrogens is 312 g/mol. The number of ether oxygens (including phenoxy) is 2. The molecule has 7 heteroatoms. The Bertz CT molecular complexity index is 971. The van der Waals surface area contributed by atoms with Gasteiger partial charge in [-0.1, -0.05) is 0 Å². The highest BCUT2D eigenvalue weighted by Gasteiger charge is 2.13. The molecule has 124 valence electrons. The Balaban J connectivity index is 1.91. The molecule has 0 aliphatic rings. The van der Waals surface area contributed by atoms with Crippen LogP contribution in [0.15, 0.2) is 45.6 Å². The van der Waals surface area contributed by atoms with Crippen LogP contribution in [0.5, 0.6) is 11.5 Å². The van der Waals surface area contributed by atoms with Crippen molar-refractivity contribution in [1.29, 1.82) is 0 Å². The summed E-state index contributed by atoms with van der Waals surface area (Å²) < 4.78 is 16.9. The normalized spacial score (nSPS) is 10.6. The zero-order valence-electron chi connectivity index (χ0n) is 13.5. The number of methoxy groups -OCH3 is 2. The lowest BCUT2D eigenvalue weighted by molar-refractivity contribution is 0.102. The van der Waals surface area contributed by atoms with Crippen molar-refractivity contribution in [1.82, 2.24) is 4.57 Å². The number of carbonyl (C=O) groups is 1. The third kappa shape index (κ3) is 2.71. The lowest BCUT2D eigenvalue weighted by Gasteiger charge is -2.11. The Hall–Kier alpha value is -3.22. The molecule has 0 unspecified atom stereocenters. The monoisotopic (exact) mass is 328 g/mol. The summed E-state index contributed by atoms with van der Waals surface area (Å²) in [5.41, 5.74) is 1.86. The van der Waals surface area contributed by atoms with Gasteiger partial charge in [0.15, 0.2) is 5.58 Å². The Morgan fingerprint density at radius 3 is 2.62 bits per heavy atom. The molecule has 0 fully saturated rings. The Morgan fingerprint density at radius 1 is 1.12 bits per heavy atom. The summed E-state index contributed by atoms with van der Waals surface area (Å²) >= 11 is 0. The molecule has 1 N–H and O–H groups in total. The summed E-state index contributed by atoms with van der Waals surface area (Å²) in [5.74, 6) is 0.290. The number of rotatable bonds is 4. The Kier molecular flexibility index (Phi) is 3.99. The van der Waals surface area contributed by atoms with Crippen LogP contribution in [-0.4, -0.2) is 24.7 Å². The number of benzene rings is 2. The highest BCUT2D eigenvalue weighted by Crippen LogP contribution is 2.29. The Morgan fingerprint density at radius 2 is 1.92 bits per heavy atom. The van der Waals surface area contributed by atoms with Crippen LogP contribution in [0.1, 0.15) is 10.4 Å². The number of oxazole rings is 1. The van der Waals surface area contributed by atoms with E-state index in [1.54, 1.807) is 44.5 Å². The van der Waals surface area contributed by atoms with Gasteiger partial charge in [-0.15, -0.1) is 0 Å². The average molecular weight is 328 g/mol. The maximum Gasteiger partial charge on any atom is 0.419 e. The van der Waals surface area contributed by atoms with Crippen LogP contribution in [-0.2, 0) is 7.05 Å². The molecule has 7 nitrogen and oxygen atoms in total. The number of nitrogens with zero attached hydrogens (tertiary/aromatic N) is 1. The standard InChI is InChI=1S/C17H16N2O5/c1-19-13-7-4-10(8-15(13)24-17(19)21)16(20)18-12-6-5-11(22-2)9-14(12)23-3/h4-9H,1-3H3,(H,18,20). The molecule has 0 aliphatic heterocycles. The predicted molar refractivity (Wildman–Crippen MR) is 89.0 cm³/mol. The van der Waals surface area contributed by atoms with E-state index in [2.05, 4.69) is 5.32 Å². The molecule has 3 aromatic rings. The molecule has 2 aromatic carbocycles. The summed E-state index contributed by atoms with van der Waals surface area (Å²) in [6.45, 7) is 0. The fourth-order valence-corrected chi connectivity index (χ4v) is 2.37. The SMILES string of the molecule is COc1ccc(NC(=O)c2ccc3c(c2)oc(=O)n3C)c(OC)c1. The second kappa shape index (κ2) is 6.11. The van der Waals surface area contributed by atoms with E-state index in [0.29, 0.717) is 33.8 Å². The van der Waals surface area contributed by atoms with Crippen molar-refractivity contribution in [2.75, 3.05) is 19.5 Å². The van der Waals surface area contributed by atoms with Crippen LogP contribution in [0, 0.1) is 0 Å². The summed E-state index contributed by atoms with van der Waals surface area (Å²) in [5, 5.41) is 2.77. The fourth-order valence-electron chi connectivity index (χ4n) is 2.37. The fraction of sp³-hybridized carbons (Fsp3) is 0.176. The van der Waals surface area contributed by atoms with Gasteiger partial charge >= 0.3 is 5.76 Å². The number of fused-ring (bicyclic) bond motifs is 1. The number of nitrogens with one attached hydrogen (secondary N) is 1. The first-order valence-corrected chi connectivity index (χ1v) is 7.16. The Labute approximate surface area is 137 Å². The van der Waals surface area contributed by atoms with E-state index in [9.17, 15) is 9.59 Å². The van der Waals surface area contributed by atoms with E-state index in [-0.39, 0.29) is 5.91 Å². The molecule has 24 heavy (non-hydrogen) atoms. The first kappa shape index (κ1) is 15.7. The lowest BCUT2D eigenvalue weighted by atomic mass is 10.2. The van der Waals surface area contributed by atoms with Gasteiger partial charge in [0.25, 0.3) is 5.91 Å². The number of amides is 1. The molecule has 3 rings (SSSR count). The third-order valence-electron chi connectivity index (χ3n) is 3.71. The van der Waals surface area contributed by atoms with Gasteiger partial charge in [-0.2, -0.15) is 0 Å². The van der Waals surface area contributed by atoms with Crippen molar-refractivity contribution >= 4 is 22.7 Å². The lowest BCUT2D eigenvalue weighted by Crippen LogP contribution is -2.12. The largest absolute Gasteiger partial charge is 0.497 e. The minimum atomic E-state index is -0.473. The van der Waals surface area contributed by atoms with Gasteiger partial charge in [0, 0.05) is 18.7 Å². The molecule has 1 aromatic heterocycles. The second-order valence-corrected chi connectivity index (χ2v) is 5.13. The molecule has 0 radical (unpaired) electrons. The van der Waals surface area contributed by atoms with E-state index in [4.69, 9.17) is 13.9 Å². The van der Waals surface area contributed by atoms with E-state index in [0.717, 1.165) is 0 Å². The number of anilines is 1. The summed E-state index contributed by atoms with van der Waals surface area (Å²) in [6.07, 6.45) is 0. The topological polar surface area (TPSA) is 82.7 Å². The third-order valence-corrected chi connectivity index (χ3v) is 3.71. The van der Waals surface area contributed by atoms with E-state index < -0.39 is 5.76 Å². The van der Waals surface area contributed by atoms with Gasteiger partial charge in [-0.05, 0) is 30.3 Å². The minimum Gasteiger partial charge on any atom is -0.497 e. The van der Waals surface area contributed by atoms with Crippen LogP contribution in [0.3, 0.4) is 0 Å². The zero-order valence-corrected chi connectivity index (χ0v) is 13.5. The summed E-state index contributed by atoms with van der Waals surface area (Å²) in [6, 6.07) is 9.91. The first-order valence-electron chi connectivity index (χ1n) is 7.16. The highest BCUT2D eigenvalue weighted by molar-refractivity contribution is 6.06. The van der Waals surface area contributed by atoms with Gasteiger partial charge in [-0.25, -0.2) is 4.79 Å². The van der Waals surface area contributed by atoms with Crippen molar-refractivity contribution in [3.63, 3.8) is 0 Å². The van der Waals surface area contributed by atoms with Crippen LogP contribution >= 0.6 is 0 Å². The van der Waals surface area contributed by atoms with Gasteiger partial charge < -0.3 is 19.2 Å². The number of aryl methyl sites for hydroxylation is 1. The van der Waals surface area contributed by atoms with E-state index >= 15 is 0 Å². The quantitative estimate of drug-likeness (QED) is 0.795. The molecule has 0 atom stereocenters. The molecule has 0 spiro atoms. The van der Waals surface area contributed by atoms with Crippen molar-refractivity contribution in [3.8, 4) is 11.5 Å². The van der Waals surface area contributed by atoms with E-state index in [1.807, 2.05) is 0 Å². The number of carbonyl (C=O) groups excluding carboxylic acids is 1. The number of hydrogen-bond acceptors (Lipinski definition) is 5. The van der Waals surface area contributed by atoms with Gasteiger partial charge in [0.05, 0.1) is 25.4 Å². The summed E-state index contributed by atoms with van der Waals surface area (Å²) in [4.78, 5) is 24.0. The maximum absolute atomic E-state index is 12.4. The minimum absolute atomic E-state index is 0.341. The van der Waals surface area contributed by atoms with Gasteiger partial charge in [0.1, 0.15) is 11.5 Å². The molecule has 0 aliphatic carbocycles. The molecule has 0 saturated heterocycles. The predicted octanol–water partition coefficient (Wildman–Crippen LogP) is 2.40. The maximum atomic E-state index is 12.4. The van der Waals surface area contributed by atoms with Gasteiger partial charge in [0.2, 0.25) is 0 Å². The first-order chi connectivity index (χ1) is 11.5. The number of aromatic nitrogens is 1. The smallest absolute Gasteiger partial charge is 0.419 e. The zero-order chi connectivity index (χ0) is 17.3. The van der Waals surface area contributed by atoms with Gasteiger partial charge in [-0.3, -0.25) is 9.36 Å². The van der Waals surface area contributed by atoms with Crippen LogP contribution in [0.4, 0.5) is 5.69 Å². The van der Waals surface area contributed by atoms with Crippen molar-refractivity contribution in [2.24, 2.45) is 7.05 Å².